The highest BCUT2D eigenvalue weighted by molar-refractivity contribution is 14.1. The Labute approximate surface area is 112 Å². The zero-order valence-electron chi connectivity index (χ0n) is 9.84. The summed E-state index contributed by atoms with van der Waals surface area (Å²) in [4.78, 5) is 11.9. The lowest BCUT2D eigenvalue weighted by molar-refractivity contribution is 0.0978. The molecule has 0 saturated heterocycles. The molecule has 0 N–H and O–H groups in total. The summed E-state index contributed by atoms with van der Waals surface area (Å²) in [7, 11) is 0. The molecule has 16 heavy (non-hydrogen) atoms. The monoisotopic (exact) mass is 330 g/mol. The summed E-state index contributed by atoms with van der Waals surface area (Å²) < 4.78 is 1.07. The van der Waals surface area contributed by atoms with Crippen molar-refractivity contribution in [1.82, 2.24) is 0 Å². The second-order valence-electron chi connectivity index (χ2n) is 4.07. The average Bonchev–Trinajstić information content (AvgIpc) is 2.29. The van der Waals surface area contributed by atoms with Gasteiger partial charge in [0.25, 0.3) is 0 Å². The van der Waals surface area contributed by atoms with Gasteiger partial charge in [0.05, 0.1) is 0 Å². The Bertz CT molecular complexity index is 333. The molecule has 0 saturated carbocycles. The van der Waals surface area contributed by atoms with Gasteiger partial charge >= 0.3 is 0 Å². The first-order valence-electron chi connectivity index (χ1n) is 6.03. The van der Waals surface area contributed by atoms with Gasteiger partial charge in [-0.3, -0.25) is 4.79 Å². The summed E-state index contributed by atoms with van der Waals surface area (Å²) in [6.45, 7) is 2.21. The van der Waals surface area contributed by atoms with Gasteiger partial charge in [-0.05, 0) is 35.1 Å². The van der Waals surface area contributed by atoms with Gasteiger partial charge in [-0.25, -0.2) is 0 Å². The number of rotatable bonds is 7. The minimum atomic E-state index is 0.293. The van der Waals surface area contributed by atoms with Crippen molar-refractivity contribution in [2.75, 3.05) is 0 Å². The predicted octanol–water partition coefficient (Wildman–Crippen LogP) is 4.83. The molecule has 0 aliphatic carbocycles. The SMILES string of the molecule is CCCCCCCC(=O)c1ccccc1I. The molecule has 1 aromatic carbocycles. The number of unbranched alkanes of at least 4 members (excludes halogenated alkanes) is 4. The Balaban J connectivity index is 2.33. The molecule has 1 nitrogen and oxygen atoms in total. The molecular weight excluding hydrogens is 311 g/mol. The van der Waals surface area contributed by atoms with Gasteiger partial charge < -0.3 is 0 Å². The van der Waals surface area contributed by atoms with Crippen molar-refractivity contribution >= 4 is 28.4 Å². The summed E-state index contributed by atoms with van der Waals surface area (Å²) in [6.07, 6.45) is 6.72. The van der Waals surface area contributed by atoms with Crippen LogP contribution in [0.1, 0.15) is 55.8 Å². The average molecular weight is 330 g/mol. The van der Waals surface area contributed by atoms with Gasteiger partial charge in [-0.2, -0.15) is 0 Å². The zero-order chi connectivity index (χ0) is 11.8. The molecule has 0 unspecified atom stereocenters. The molecule has 88 valence electrons. The molecule has 0 spiro atoms. The number of carbonyl (C=O) groups excluding carboxylic acids is 1. The molecule has 0 amide bonds. The Kier molecular flexibility index (Phi) is 6.69. The lowest BCUT2D eigenvalue weighted by Gasteiger charge is -2.03. The van der Waals surface area contributed by atoms with Crippen molar-refractivity contribution < 1.29 is 4.79 Å². The van der Waals surface area contributed by atoms with E-state index in [1.807, 2.05) is 24.3 Å². The van der Waals surface area contributed by atoms with Gasteiger partial charge in [0.1, 0.15) is 0 Å². The zero-order valence-corrected chi connectivity index (χ0v) is 12.0. The fourth-order valence-corrected chi connectivity index (χ4v) is 2.40. The van der Waals surface area contributed by atoms with Crippen molar-refractivity contribution in [2.24, 2.45) is 0 Å². The van der Waals surface area contributed by atoms with Crippen LogP contribution in [-0.2, 0) is 0 Å². The predicted molar refractivity (Wildman–Crippen MR) is 76.9 cm³/mol. The van der Waals surface area contributed by atoms with Crippen molar-refractivity contribution in [1.29, 1.82) is 0 Å². The van der Waals surface area contributed by atoms with Crippen LogP contribution in [0.25, 0.3) is 0 Å². The first kappa shape index (κ1) is 13.7. The number of Topliss-reactive ketones (excluding diaryl/α,β-unsaturated/α-hetero) is 1. The van der Waals surface area contributed by atoms with Crippen LogP contribution in [0.2, 0.25) is 0 Å². The summed E-state index contributed by atoms with van der Waals surface area (Å²) in [5.41, 5.74) is 0.888. The van der Waals surface area contributed by atoms with Crippen LogP contribution in [0.5, 0.6) is 0 Å². The van der Waals surface area contributed by atoms with E-state index in [9.17, 15) is 4.79 Å². The molecule has 2 heteroatoms. The summed E-state index contributed by atoms with van der Waals surface area (Å²) >= 11 is 2.23. The van der Waals surface area contributed by atoms with E-state index < -0.39 is 0 Å². The Hall–Kier alpha value is -0.380. The van der Waals surface area contributed by atoms with Crippen LogP contribution in [-0.4, -0.2) is 5.78 Å². The lowest BCUT2D eigenvalue weighted by Crippen LogP contribution is -2.01. The van der Waals surface area contributed by atoms with Gasteiger partial charge in [0.2, 0.25) is 0 Å². The Morgan fingerprint density at radius 3 is 2.50 bits per heavy atom. The van der Waals surface area contributed by atoms with Crippen molar-refractivity contribution in [2.45, 2.75) is 45.4 Å². The second kappa shape index (κ2) is 7.82. The fraction of sp³-hybridized carbons (Fsp3) is 0.500. The fourth-order valence-electron chi connectivity index (χ4n) is 1.71. The summed E-state index contributed by atoms with van der Waals surface area (Å²) in [5, 5.41) is 0. The van der Waals surface area contributed by atoms with Gasteiger partial charge in [0.15, 0.2) is 5.78 Å². The largest absolute Gasteiger partial charge is 0.294 e. The van der Waals surface area contributed by atoms with E-state index in [-0.39, 0.29) is 0 Å². The van der Waals surface area contributed by atoms with E-state index >= 15 is 0 Å². The highest BCUT2D eigenvalue weighted by Crippen LogP contribution is 2.15. The maximum atomic E-state index is 11.9. The third-order valence-electron chi connectivity index (χ3n) is 2.68. The molecule has 0 heterocycles. The normalized spacial score (nSPS) is 10.4. The topological polar surface area (TPSA) is 17.1 Å². The van der Waals surface area contributed by atoms with Crippen LogP contribution < -0.4 is 0 Å². The second-order valence-corrected chi connectivity index (χ2v) is 5.23. The smallest absolute Gasteiger partial charge is 0.163 e. The van der Waals surface area contributed by atoms with Crippen molar-refractivity contribution in [3.63, 3.8) is 0 Å². The molecule has 1 aromatic rings. The third kappa shape index (κ3) is 4.64. The first-order valence-corrected chi connectivity index (χ1v) is 7.11. The molecule has 0 aliphatic rings. The maximum absolute atomic E-state index is 11.9. The van der Waals surface area contributed by atoms with E-state index in [0.717, 1.165) is 15.6 Å². The number of hydrogen-bond acceptors (Lipinski definition) is 1. The number of halogens is 1. The maximum Gasteiger partial charge on any atom is 0.163 e. The molecule has 0 radical (unpaired) electrons. The van der Waals surface area contributed by atoms with Gasteiger partial charge in [-0.1, -0.05) is 50.8 Å². The van der Waals surface area contributed by atoms with E-state index in [4.69, 9.17) is 0 Å². The number of hydrogen-bond donors (Lipinski definition) is 0. The quantitative estimate of drug-likeness (QED) is 0.397. The van der Waals surface area contributed by atoms with Crippen LogP contribution in [0.15, 0.2) is 24.3 Å². The minimum Gasteiger partial charge on any atom is -0.294 e. The molecule has 0 aromatic heterocycles. The highest BCUT2D eigenvalue weighted by Gasteiger charge is 2.08. The summed E-state index contributed by atoms with van der Waals surface area (Å²) in [6, 6.07) is 7.83. The molecular formula is C14H19IO. The van der Waals surface area contributed by atoms with Crippen LogP contribution in [0.4, 0.5) is 0 Å². The number of benzene rings is 1. The minimum absolute atomic E-state index is 0.293. The third-order valence-corrected chi connectivity index (χ3v) is 3.62. The van der Waals surface area contributed by atoms with Crippen LogP contribution >= 0.6 is 22.6 Å². The van der Waals surface area contributed by atoms with Crippen molar-refractivity contribution in [3.05, 3.63) is 33.4 Å². The first-order chi connectivity index (χ1) is 7.75. The standard InChI is InChI=1S/C14H19IO/c1-2-3-4-5-6-11-14(16)12-9-7-8-10-13(12)15/h7-10H,2-6,11H2,1H3. The van der Waals surface area contributed by atoms with E-state index in [1.165, 1.54) is 25.7 Å². The molecule has 0 bridgehead atoms. The molecule has 0 aliphatic heterocycles. The molecule has 1 rings (SSSR count). The highest BCUT2D eigenvalue weighted by atomic mass is 127. The Morgan fingerprint density at radius 1 is 1.12 bits per heavy atom. The van der Waals surface area contributed by atoms with E-state index in [1.54, 1.807) is 0 Å². The lowest BCUT2D eigenvalue weighted by atomic mass is 10.0. The summed E-state index contributed by atoms with van der Waals surface area (Å²) in [5.74, 6) is 0.293. The number of ketones is 1. The molecule has 0 fully saturated rings. The van der Waals surface area contributed by atoms with Crippen LogP contribution in [0, 0.1) is 3.57 Å². The number of carbonyl (C=O) groups is 1. The Morgan fingerprint density at radius 2 is 1.81 bits per heavy atom. The van der Waals surface area contributed by atoms with E-state index in [2.05, 4.69) is 29.5 Å². The van der Waals surface area contributed by atoms with Crippen LogP contribution in [0.3, 0.4) is 0 Å². The molecule has 0 atom stereocenters. The van der Waals surface area contributed by atoms with Gasteiger partial charge in [0, 0.05) is 15.6 Å². The van der Waals surface area contributed by atoms with Gasteiger partial charge in [-0.15, -0.1) is 0 Å². The van der Waals surface area contributed by atoms with Crippen molar-refractivity contribution in [3.8, 4) is 0 Å². The van der Waals surface area contributed by atoms with E-state index in [0.29, 0.717) is 12.2 Å².